The van der Waals surface area contributed by atoms with E-state index in [9.17, 15) is 15.8 Å². The highest BCUT2D eigenvalue weighted by atomic mass is 15.0. The van der Waals surface area contributed by atoms with E-state index in [2.05, 4.69) is 155 Å². The van der Waals surface area contributed by atoms with Crippen molar-refractivity contribution in [1.82, 2.24) is 9.13 Å². The molecule has 0 radical (unpaired) electrons. The van der Waals surface area contributed by atoms with Crippen molar-refractivity contribution in [3.8, 4) is 63.0 Å². The van der Waals surface area contributed by atoms with Gasteiger partial charge < -0.3 is 9.13 Å². The summed E-state index contributed by atoms with van der Waals surface area (Å²) < 4.78 is 4.59. The van der Waals surface area contributed by atoms with E-state index in [4.69, 9.17) is 0 Å². The molecule has 0 spiro atoms. The first kappa shape index (κ1) is 32.5. The molecule has 0 atom stereocenters. The zero-order chi connectivity index (χ0) is 37.8. The van der Waals surface area contributed by atoms with Gasteiger partial charge in [-0.3, -0.25) is 0 Å². The van der Waals surface area contributed by atoms with E-state index in [1.54, 1.807) is 18.2 Å². The second-order valence-corrected chi connectivity index (χ2v) is 14.0. The first-order chi connectivity index (χ1) is 27.6. The molecule has 8 aromatic carbocycles. The fourth-order valence-electron chi connectivity index (χ4n) is 8.26. The summed E-state index contributed by atoms with van der Waals surface area (Å²) in [6.45, 7) is 0. The Morgan fingerprint density at radius 3 is 1.48 bits per heavy atom. The first-order valence-corrected chi connectivity index (χ1v) is 18.3. The summed E-state index contributed by atoms with van der Waals surface area (Å²) in [7, 11) is 0. The minimum Gasteiger partial charge on any atom is -0.309 e. The zero-order valence-electron chi connectivity index (χ0n) is 30.0. The normalized spacial score (nSPS) is 11.2. The predicted molar refractivity (Wildman–Crippen MR) is 226 cm³/mol. The summed E-state index contributed by atoms with van der Waals surface area (Å²) in [6.07, 6.45) is 0. The van der Waals surface area contributed by atoms with E-state index >= 15 is 0 Å². The average Bonchev–Trinajstić information content (AvgIpc) is 3.78. The summed E-state index contributed by atoms with van der Waals surface area (Å²) in [5.41, 5.74) is 13.4. The molecular weight excluding hydrogens is 683 g/mol. The van der Waals surface area contributed by atoms with Crippen LogP contribution in [0.15, 0.2) is 176 Å². The van der Waals surface area contributed by atoms with Gasteiger partial charge in [-0.1, -0.05) is 91.0 Å². The lowest BCUT2D eigenvalue weighted by atomic mass is 9.96. The largest absolute Gasteiger partial charge is 0.309 e. The van der Waals surface area contributed by atoms with Gasteiger partial charge >= 0.3 is 0 Å². The molecule has 0 unspecified atom stereocenters. The molecule has 0 amide bonds. The molecule has 0 aliphatic carbocycles. The lowest BCUT2D eigenvalue weighted by molar-refractivity contribution is 1.18. The lowest BCUT2D eigenvalue weighted by Crippen LogP contribution is -1.99. The molecule has 0 saturated carbocycles. The molecule has 0 bridgehead atoms. The zero-order valence-corrected chi connectivity index (χ0v) is 30.0. The highest BCUT2D eigenvalue weighted by molar-refractivity contribution is 6.12. The minimum absolute atomic E-state index is 0.386. The van der Waals surface area contributed by atoms with Gasteiger partial charge in [-0.15, -0.1) is 0 Å². The number of aromatic nitrogens is 2. The van der Waals surface area contributed by atoms with Crippen LogP contribution in [0.5, 0.6) is 0 Å². The maximum Gasteiger partial charge on any atom is 0.0992 e. The molecule has 2 heterocycles. The Balaban J connectivity index is 1.22. The van der Waals surface area contributed by atoms with Crippen LogP contribution in [0.2, 0.25) is 0 Å². The van der Waals surface area contributed by atoms with Crippen LogP contribution in [0.1, 0.15) is 16.7 Å². The summed E-state index contributed by atoms with van der Waals surface area (Å²) in [6, 6.07) is 67.0. The maximum atomic E-state index is 9.93. The third-order valence-corrected chi connectivity index (χ3v) is 10.7. The third-order valence-electron chi connectivity index (χ3n) is 10.7. The van der Waals surface area contributed by atoms with Gasteiger partial charge in [0.1, 0.15) is 0 Å². The van der Waals surface area contributed by atoms with Crippen LogP contribution in [-0.4, -0.2) is 9.13 Å². The number of nitrogens with zero attached hydrogens (tertiary/aromatic N) is 5. The molecule has 5 nitrogen and oxygen atoms in total. The Labute approximate surface area is 323 Å². The van der Waals surface area contributed by atoms with Crippen LogP contribution in [0.4, 0.5) is 0 Å². The smallest absolute Gasteiger partial charge is 0.0992 e. The van der Waals surface area contributed by atoms with Crippen LogP contribution >= 0.6 is 0 Å². The van der Waals surface area contributed by atoms with Crippen molar-refractivity contribution in [2.45, 2.75) is 0 Å². The van der Waals surface area contributed by atoms with Crippen LogP contribution in [0.3, 0.4) is 0 Å². The van der Waals surface area contributed by atoms with Crippen LogP contribution < -0.4 is 0 Å². The van der Waals surface area contributed by atoms with Crippen LogP contribution in [0.25, 0.3) is 88.4 Å². The quantitative estimate of drug-likeness (QED) is 0.178. The molecule has 0 aliphatic heterocycles. The van der Waals surface area contributed by atoms with Gasteiger partial charge in [0.2, 0.25) is 0 Å². The fourth-order valence-corrected chi connectivity index (χ4v) is 8.26. The number of hydrogen-bond donors (Lipinski definition) is 0. The molecule has 10 aromatic rings. The highest BCUT2D eigenvalue weighted by Crippen LogP contribution is 2.41. The minimum atomic E-state index is 0.386. The number of nitriles is 3. The van der Waals surface area contributed by atoms with Crippen LogP contribution in [-0.2, 0) is 0 Å². The standard InChI is InChI=1S/C51H29N5/c52-30-33-18-20-50(45(25-33)40-23-34(31-53)22-35(24-40)32-54)56-49-17-9-6-14-44(49)46-29-37(19-21-51(46)56)39-26-38(36-10-2-1-3-11-36)27-41(28-39)55-47-15-7-4-12-42(47)43-13-5-8-16-48(43)55/h1-29H. The predicted octanol–water partition coefficient (Wildman–Crippen LogP) is 12.5. The van der Waals surface area contributed by atoms with E-state index in [-0.39, 0.29) is 0 Å². The number of fused-ring (bicyclic) bond motifs is 6. The summed E-state index contributed by atoms with van der Waals surface area (Å²) >= 11 is 0. The fraction of sp³-hybridized carbons (Fsp3) is 0. The molecule has 258 valence electrons. The molecule has 56 heavy (non-hydrogen) atoms. The second kappa shape index (κ2) is 13.0. The Bertz CT molecular complexity index is 3260. The Hall–Kier alpha value is -8.17. The monoisotopic (exact) mass is 711 g/mol. The average molecular weight is 712 g/mol. The van der Waals surface area contributed by atoms with Crippen molar-refractivity contribution < 1.29 is 0 Å². The maximum absolute atomic E-state index is 9.93. The summed E-state index contributed by atoms with van der Waals surface area (Å²) in [5.74, 6) is 0. The summed E-state index contributed by atoms with van der Waals surface area (Å²) in [4.78, 5) is 0. The van der Waals surface area contributed by atoms with Crippen molar-refractivity contribution in [3.63, 3.8) is 0 Å². The summed E-state index contributed by atoms with van der Waals surface area (Å²) in [5, 5.41) is 34.2. The molecule has 2 aromatic heterocycles. The van der Waals surface area contributed by atoms with Gasteiger partial charge in [0.05, 0.1) is 62.7 Å². The van der Waals surface area contributed by atoms with E-state index < -0.39 is 0 Å². The van der Waals surface area contributed by atoms with E-state index in [1.807, 2.05) is 30.3 Å². The Kier molecular flexibility index (Phi) is 7.57. The molecular formula is C51H29N5. The Morgan fingerprint density at radius 1 is 0.321 bits per heavy atom. The molecule has 0 aliphatic rings. The number of para-hydroxylation sites is 3. The topological polar surface area (TPSA) is 81.2 Å². The second-order valence-electron chi connectivity index (χ2n) is 14.0. The first-order valence-electron chi connectivity index (χ1n) is 18.3. The Morgan fingerprint density at radius 2 is 0.857 bits per heavy atom. The highest BCUT2D eigenvalue weighted by Gasteiger charge is 2.19. The SMILES string of the molecule is N#Cc1cc(C#N)cc(-c2cc(C#N)ccc2-n2c3ccccc3c3cc(-c4cc(-c5ccccc5)cc(-n5c6ccccc6c6ccccc65)c4)ccc32)c1. The van der Waals surface area contributed by atoms with Gasteiger partial charge in [-0.05, 0) is 113 Å². The van der Waals surface area contributed by atoms with Crippen molar-refractivity contribution >= 4 is 43.6 Å². The van der Waals surface area contributed by atoms with Gasteiger partial charge in [0, 0.05) is 32.8 Å². The molecule has 0 N–H and O–H groups in total. The van der Waals surface area contributed by atoms with Crippen LogP contribution in [0, 0.1) is 34.0 Å². The molecule has 0 fully saturated rings. The molecule has 5 heteroatoms. The van der Waals surface area contributed by atoms with E-state index in [0.29, 0.717) is 22.3 Å². The van der Waals surface area contributed by atoms with Crippen molar-refractivity contribution in [1.29, 1.82) is 15.8 Å². The van der Waals surface area contributed by atoms with E-state index in [1.165, 1.54) is 10.8 Å². The van der Waals surface area contributed by atoms with Gasteiger partial charge in [-0.2, -0.15) is 15.8 Å². The van der Waals surface area contributed by atoms with Crippen molar-refractivity contribution in [3.05, 3.63) is 193 Å². The number of benzene rings is 8. The number of hydrogen-bond acceptors (Lipinski definition) is 3. The van der Waals surface area contributed by atoms with Gasteiger partial charge in [0.15, 0.2) is 0 Å². The van der Waals surface area contributed by atoms with E-state index in [0.717, 1.165) is 72.0 Å². The van der Waals surface area contributed by atoms with Crippen molar-refractivity contribution in [2.75, 3.05) is 0 Å². The lowest BCUT2D eigenvalue weighted by Gasteiger charge is -2.16. The third kappa shape index (κ3) is 5.22. The van der Waals surface area contributed by atoms with Crippen molar-refractivity contribution in [2.24, 2.45) is 0 Å². The number of rotatable bonds is 5. The van der Waals surface area contributed by atoms with Gasteiger partial charge in [0.25, 0.3) is 0 Å². The molecule has 10 rings (SSSR count). The molecule has 0 saturated heterocycles. The van der Waals surface area contributed by atoms with Gasteiger partial charge in [-0.25, -0.2) is 0 Å².